The zero-order chi connectivity index (χ0) is 8.97. The lowest BCUT2D eigenvalue weighted by Gasteiger charge is -2.08. The molecule has 0 aliphatic heterocycles. The van der Waals surface area contributed by atoms with Gasteiger partial charge in [-0.2, -0.15) is 0 Å². The largest absolute Gasteiger partial charge is 0.507 e. The molecule has 0 aliphatic rings. The van der Waals surface area contributed by atoms with Crippen molar-refractivity contribution >= 4 is 11.8 Å². The van der Waals surface area contributed by atoms with Crippen molar-refractivity contribution in [1.29, 1.82) is 0 Å². The van der Waals surface area contributed by atoms with Crippen LogP contribution >= 0.6 is 11.8 Å². The van der Waals surface area contributed by atoms with E-state index in [1.165, 1.54) is 0 Å². The Balaban J connectivity index is 2.69. The Hall–Kier alpha value is -0.670. The van der Waals surface area contributed by atoms with E-state index in [1.54, 1.807) is 17.8 Å². The lowest BCUT2D eigenvalue weighted by Crippen LogP contribution is -2.12. The van der Waals surface area contributed by atoms with E-state index in [1.807, 2.05) is 25.1 Å². The van der Waals surface area contributed by atoms with Gasteiger partial charge in [0.2, 0.25) is 0 Å². The Labute approximate surface area is 76.8 Å². The predicted octanol–water partition coefficient (Wildman–Crippen LogP) is 1.83. The standard InChI is InChI=1S/C9H13NOS/c1-7(6-10)12-9-5-3-2-4-8(9)11/h2-5,7,11H,6,10H2,1H3. The highest BCUT2D eigenvalue weighted by atomic mass is 32.2. The number of aromatic hydroxyl groups is 1. The molecule has 1 aromatic rings. The minimum absolute atomic E-state index is 0.336. The van der Waals surface area contributed by atoms with E-state index in [0.717, 1.165) is 4.90 Å². The molecule has 2 nitrogen and oxygen atoms in total. The van der Waals surface area contributed by atoms with Crippen molar-refractivity contribution in [2.75, 3.05) is 6.54 Å². The van der Waals surface area contributed by atoms with Crippen LogP contribution in [0.15, 0.2) is 29.2 Å². The number of rotatable bonds is 3. The van der Waals surface area contributed by atoms with Crippen molar-refractivity contribution in [2.45, 2.75) is 17.1 Å². The van der Waals surface area contributed by atoms with Gasteiger partial charge in [-0.15, -0.1) is 11.8 Å². The van der Waals surface area contributed by atoms with Crippen molar-refractivity contribution in [3.8, 4) is 5.75 Å². The summed E-state index contributed by atoms with van der Waals surface area (Å²) in [5.74, 6) is 0.336. The van der Waals surface area contributed by atoms with Crippen LogP contribution in [0.1, 0.15) is 6.92 Å². The van der Waals surface area contributed by atoms with Gasteiger partial charge in [0.25, 0.3) is 0 Å². The number of phenolic OH excluding ortho intramolecular Hbond substituents is 1. The molecule has 66 valence electrons. The van der Waals surface area contributed by atoms with Crippen molar-refractivity contribution in [1.82, 2.24) is 0 Å². The summed E-state index contributed by atoms with van der Waals surface area (Å²) in [6, 6.07) is 7.30. The van der Waals surface area contributed by atoms with Gasteiger partial charge < -0.3 is 10.8 Å². The maximum Gasteiger partial charge on any atom is 0.129 e. The Morgan fingerprint density at radius 2 is 2.17 bits per heavy atom. The first kappa shape index (κ1) is 9.42. The Bertz CT molecular complexity index is 252. The minimum Gasteiger partial charge on any atom is -0.507 e. The molecule has 3 heteroatoms. The fourth-order valence-electron chi connectivity index (χ4n) is 0.822. The summed E-state index contributed by atoms with van der Waals surface area (Å²) in [4.78, 5) is 0.899. The van der Waals surface area contributed by atoms with Gasteiger partial charge in [0.05, 0.1) is 0 Å². The van der Waals surface area contributed by atoms with Crippen LogP contribution in [0, 0.1) is 0 Å². The molecule has 0 aliphatic carbocycles. The van der Waals surface area contributed by atoms with Gasteiger partial charge in [-0.25, -0.2) is 0 Å². The molecule has 0 amide bonds. The molecule has 0 fully saturated rings. The SMILES string of the molecule is CC(CN)Sc1ccccc1O. The number of thioether (sulfide) groups is 1. The van der Waals surface area contributed by atoms with Crippen molar-refractivity contribution in [3.63, 3.8) is 0 Å². The first-order valence-corrected chi connectivity index (χ1v) is 4.76. The molecule has 0 spiro atoms. The average molecular weight is 183 g/mol. The number of nitrogens with two attached hydrogens (primary N) is 1. The molecule has 0 saturated heterocycles. The summed E-state index contributed by atoms with van der Waals surface area (Å²) in [6.07, 6.45) is 0. The highest BCUT2D eigenvalue weighted by molar-refractivity contribution is 8.00. The molecule has 1 unspecified atom stereocenters. The number of para-hydroxylation sites is 1. The molecule has 3 N–H and O–H groups in total. The van der Waals surface area contributed by atoms with Gasteiger partial charge in [-0.1, -0.05) is 19.1 Å². The molecular weight excluding hydrogens is 170 g/mol. The smallest absolute Gasteiger partial charge is 0.129 e. The average Bonchev–Trinajstić information content (AvgIpc) is 2.09. The Morgan fingerprint density at radius 1 is 1.50 bits per heavy atom. The number of hydrogen-bond donors (Lipinski definition) is 2. The van der Waals surface area contributed by atoms with Crippen LogP contribution in [-0.2, 0) is 0 Å². The molecule has 0 heterocycles. The molecule has 0 saturated carbocycles. The molecule has 1 atom stereocenters. The quantitative estimate of drug-likeness (QED) is 0.703. The third-order valence-corrected chi connectivity index (χ3v) is 2.72. The first-order chi connectivity index (χ1) is 5.74. The number of hydrogen-bond acceptors (Lipinski definition) is 3. The summed E-state index contributed by atoms with van der Waals surface area (Å²) in [6.45, 7) is 2.66. The molecule has 1 aromatic carbocycles. The van der Waals surface area contributed by atoms with Gasteiger partial charge in [-0.05, 0) is 12.1 Å². The molecule has 0 radical (unpaired) electrons. The van der Waals surface area contributed by atoms with Crippen LogP contribution in [0.3, 0.4) is 0 Å². The third-order valence-electron chi connectivity index (χ3n) is 1.53. The van der Waals surface area contributed by atoms with Crippen LogP contribution in [-0.4, -0.2) is 16.9 Å². The molecular formula is C9H13NOS. The number of phenols is 1. The maximum atomic E-state index is 9.39. The van der Waals surface area contributed by atoms with Gasteiger partial charge in [0, 0.05) is 16.7 Å². The highest BCUT2D eigenvalue weighted by Gasteiger charge is 2.04. The number of benzene rings is 1. The first-order valence-electron chi connectivity index (χ1n) is 3.88. The van der Waals surface area contributed by atoms with Crippen molar-refractivity contribution in [3.05, 3.63) is 24.3 Å². The summed E-state index contributed by atoms with van der Waals surface area (Å²) >= 11 is 1.60. The van der Waals surface area contributed by atoms with Gasteiger partial charge in [-0.3, -0.25) is 0 Å². The zero-order valence-electron chi connectivity index (χ0n) is 7.03. The minimum atomic E-state index is 0.336. The third kappa shape index (κ3) is 2.43. The van der Waals surface area contributed by atoms with Crippen LogP contribution in [0.2, 0.25) is 0 Å². The van der Waals surface area contributed by atoms with E-state index in [-0.39, 0.29) is 0 Å². The van der Waals surface area contributed by atoms with Crippen LogP contribution < -0.4 is 5.73 Å². The van der Waals surface area contributed by atoms with Crippen LogP contribution in [0.4, 0.5) is 0 Å². The summed E-state index contributed by atoms with van der Waals surface area (Å²) in [5, 5.41) is 9.74. The fourth-order valence-corrected chi connectivity index (χ4v) is 1.70. The molecule has 0 aromatic heterocycles. The van der Waals surface area contributed by atoms with Crippen LogP contribution in [0.25, 0.3) is 0 Å². The fraction of sp³-hybridized carbons (Fsp3) is 0.333. The summed E-state index contributed by atoms with van der Waals surface area (Å²) < 4.78 is 0. The van der Waals surface area contributed by atoms with E-state index in [4.69, 9.17) is 5.73 Å². The Kier molecular flexibility index (Phi) is 3.44. The van der Waals surface area contributed by atoms with Gasteiger partial charge in [0.15, 0.2) is 0 Å². The predicted molar refractivity (Wildman–Crippen MR) is 52.5 cm³/mol. The summed E-state index contributed by atoms with van der Waals surface area (Å²) in [7, 11) is 0. The highest BCUT2D eigenvalue weighted by Crippen LogP contribution is 2.30. The lowest BCUT2D eigenvalue weighted by molar-refractivity contribution is 0.462. The van der Waals surface area contributed by atoms with Crippen LogP contribution in [0.5, 0.6) is 5.75 Å². The van der Waals surface area contributed by atoms with E-state index in [9.17, 15) is 5.11 Å². The van der Waals surface area contributed by atoms with Crippen molar-refractivity contribution < 1.29 is 5.11 Å². The summed E-state index contributed by atoms with van der Waals surface area (Å²) in [5.41, 5.74) is 5.47. The molecule has 12 heavy (non-hydrogen) atoms. The van der Waals surface area contributed by atoms with E-state index in [2.05, 4.69) is 0 Å². The zero-order valence-corrected chi connectivity index (χ0v) is 7.84. The van der Waals surface area contributed by atoms with Gasteiger partial charge >= 0.3 is 0 Å². The maximum absolute atomic E-state index is 9.39. The van der Waals surface area contributed by atoms with E-state index in [0.29, 0.717) is 17.5 Å². The lowest BCUT2D eigenvalue weighted by atomic mass is 10.3. The second kappa shape index (κ2) is 4.38. The normalized spacial score (nSPS) is 12.8. The van der Waals surface area contributed by atoms with E-state index >= 15 is 0 Å². The monoisotopic (exact) mass is 183 g/mol. The Morgan fingerprint density at radius 3 is 2.75 bits per heavy atom. The second-order valence-electron chi connectivity index (χ2n) is 2.63. The van der Waals surface area contributed by atoms with Crippen molar-refractivity contribution in [2.24, 2.45) is 5.73 Å². The van der Waals surface area contributed by atoms with Gasteiger partial charge in [0.1, 0.15) is 5.75 Å². The van der Waals surface area contributed by atoms with E-state index < -0.39 is 0 Å². The molecule has 0 bridgehead atoms. The molecule has 1 rings (SSSR count). The topological polar surface area (TPSA) is 46.2 Å². The second-order valence-corrected chi connectivity index (χ2v) is 4.11.